The number of benzene rings is 1. The van der Waals surface area contributed by atoms with Gasteiger partial charge in [0.1, 0.15) is 5.82 Å². The third-order valence-electron chi connectivity index (χ3n) is 4.20. The molecular formula is C16H20N6S. The number of piperazine rings is 1. The minimum atomic E-state index is 0.622. The van der Waals surface area contributed by atoms with Crippen LogP contribution in [0.5, 0.6) is 0 Å². The monoisotopic (exact) mass is 328 g/mol. The molecule has 6 nitrogen and oxygen atoms in total. The van der Waals surface area contributed by atoms with E-state index < -0.39 is 0 Å². The molecule has 1 fully saturated rings. The summed E-state index contributed by atoms with van der Waals surface area (Å²) < 4.78 is 2.64. The fourth-order valence-corrected chi connectivity index (χ4v) is 2.98. The molecule has 23 heavy (non-hydrogen) atoms. The molecule has 1 N–H and O–H groups in total. The van der Waals surface area contributed by atoms with Crippen LogP contribution in [0.3, 0.4) is 0 Å². The standard InChI is InChI=1S/C16H20N6S/c1-20-5-7-21(8-6-20)12-15-18-19-16(23)22(15)11-14-4-2-3-13(9-14)10-17/h2-4,9H,5-8,11-12H2,1H3,(H,19,23). The summed E-state index contributed by atoms with van der Waals surface area (Å²) in [6, 6.07) is 9.79. The van der Waals surface area contributed by atoms with E-state index in [1.165, 1.54) is 0 Å². The molecule has 0 amide bonds. The largest absolute Gasteiger partial charge is 0.304 e. The number of aromatic nitrogens is 3. The Kier molecular flexibility index (Phi) is 4.86. The lowest BCUT2D eigenvalue weighted by molar-refractivity contribution is 0.144. The van der Waals surface area contributed by atoms with Crippen LogP contribution < -0.4 is 0 Å². The van der Waals surface area contributed by atoms with Gasteiger partial charge in [-0.3, -0.25) is 14.6 Å². The van der Waals surface area contributed by atoms with Gasteiger partial charge in [-0.15, -0.1) is 0 Å². The van der Waals surface area contributed by atoms with Crippen LogP contribution in [0, 0.1) is 16.1 Å². The quantitative estimate of drug-likeness (QED) is 0.864. The number of hydrogen-bond donors (Lipinski definition) is 1. The number of likely N-dealkylation sites (N-methyl/N-ethyl adjacent to an activating group) is 1. The zero-order chi connectivity index (χ0) is 16.2. The van der Waals surface area contributed by atoms with Crippen LogP contribution in [0.15, 0.2) is 24.3 Å². The summed E-state index contributed by atoms with van der Waals surface area (Å²) in [4.78, 5) is 4.73. The van der Waals surface area contributed by atoms with Crippen LogP contribution in [-0.2, 0) is 13.1 Å². The Balaban J connectivity index is 1.76. The maximum atomic E-state index is 9.03. The third-order valence-corrected chi connectivity index (χ3v) is 4.51. The van der Waals surface area contributed by atoms with E-state index >= 15 is 0 Å². The second-order valence-electron chi connectivity index (χ2n) is 5.92. The molecule has 1 saturated heterocycles. The lowest BCUT2D eigenvalue weighted by Gasteiger charge is -2.31. The minimum Gasteiger partial charge on any atom is -0.304 e. The predicted molar refractivity (Wildman–Crippen MR) is 90.4 cm³/mol. The van der Waals surface area contributed by atoms with Gasteiger partial charge < -0.3 is 4.90 Å². The molecule has 1 aromatic heterocycles. The number of nitrogens with zero attached hydrogens (tertiary/aromatic N) is 5. The van der Waals surface area contributed by atoms with Gasteiger partial charge >= 0.3 is 0 Å². The number of aromatic amines is 1. The van der Waals surface area contributed by atoms with Crippen molar-refractivity contribution >= 4 is 12.2 Å². The molecule has 3 rings (SSSR count). The Morgan fingerprint density at radius 2 is 2.04 bits per heavy atom. The summed E-state index contributed by atoms with van der Waals surface area (Å²) >= 11 is 5.37. The predicted octanol–water partition coefficient (Wildman–Crippen LogP) is 1.61. The summed E-state index contributed by atoms with van der Waals surface area (Å²) in [7, 11) is 2.15. The first-order chi connectivity index (χ1) is 11.2. The van der Waals surface area contributed by atoms with E-state index in [0.717, 1.165) is 44.1 Å². The molecule has 120 valence electrons. The lowest BCUT2D eigenvalue weighted by atomic mass is 10.1. The summed E-state index contributed by atoms with van der Waals surface area (Å²) in [6.45, 7) is 5.66. The van der Waals surface area contributed by atoms with E-state index in [1.807, 2.05) is 28.8 Å². The van der Waals surface area contributed by atoms with Crippen molar-refractivity contribution in [2.75, 3.05) is 33.2 Å². The van der Waals surface area contributed by atoms with E-state index in [9.17, 15) is 0 Å². The average Bonchev–Trinajstić information content (AvgIpc) is 2.90. The molecule has 2 aromatic rings. The van der Waals surface area contributed by atoms with Crippen molar-refractivity contribution in [3.8, 4) is 6.07 Å². The van der Waals surface area contributed by atoms with E-state index in [1.54, 1.807) is 0 Å². The lowest BCUT2D eigenvalue weighted by Crippen LogP contribution is -2.44. The van der Waals surface area contributed by atoms with Crippen molar-refractivity contribution in [1.82, 2.24) is 24.6 Å². The highest BCUT2D eigenvalue weighted by atomic mass is 32.1. The van der Waals surface area contributed by atoms with Crippen molar-refractivity contribution < 1.29 is 0 Å². The number of rotatable bonds is 4. The van der Waals surface area contributed by atoms with Crippen molar-refractivity contribution in [3.05, 3.63) is 46.0 Å². The minimum absolute atomic E-state index is 0.622. The average molecular weight is 328 g/mol. The Labute approximate surface area is 141 Å². The van der Waals surface area contributed by atoms with Crippen LogP contribution in [0.25, 0.3) is 0 Å². The Hall–Kier alpha value is -2.01. The maximum Gasteiger partial charge on any atom is 0.195 e. The van der Waals surface area contributed by atoms with Gasteiger partial charge in [-0.1, -0.05) is 12.1 Å². The van der Waals surface area contributed by atoms with E-state index in [2.05, 4.69) is 33.1 Å². The fourth-order valence-electron chi connectivity index (χ4n) is 2.76. The zero-order valence-corrected chi connectivity index (χ0v) is 14.0. The number of H-pyrrole nitrogens is 1. The number of hydrogen-bond acceptors (Lipinski definition) is 5. The Bertz CT molecular complexity index is 763. The third kappa shape index (κ3) is 3.85. The Morgan fingerprint density at radius 1 is 1.26 bits per heavy atom. The SMILES string of the molecule is CN1CCN(Cc2n[nH]c(=S)n2Cc2cccc(C#N)c2)CC1. The zero-order valence-electron chi connectivity index (χ0n) is 13.2. The molecule has 0 atom stereocenters. The van der Waals surface area contributed by atoms with Crippen LogP contribution in [0.4, 0.5) is 0 Å². The van der Waals surface area contributed by atoms with Gasteiger partial charge in [-0.25, -0.2) is 0 Å². The van der Waals surface area contributed by atoms with Gasteiger partial charge in [-0.05, 0) is 37.0 Å². The highest BCUT2D eigenvalue weighted by Crippen LogP contribution is 2.11. The van der Waals surface area contributed by atoms with Crippen LogP contribution in [0.2, 0.25) is 0 Å². The van der Waals surface area contributed by atoms with Gasteiger partial charge in [0.2, 0.25) is 0 Å². The van der Waals surface area contributed by atoms with Crippen LogP contribution in [0.1, 0.15) is 17.0 Å². The maximum absolute atomic E-state index is 9.03. The smallest absolute Gasteiger partial charge is 0.195 e. The first-order valence-corrected chi connectivity index (χ1v) is 8.10. The molecule has 7 heteroatoms. The molecule has 0 bridgehead atoms. The summed E-state index contributed by atoms with van der Waals surface area (Å²) in [5.41, 5.74) is 1.72. The van der Waals surface area contributed by atoms with Gasteiger partial charge in [0.05, 0.1) is 24.7 Å². The van der Waals surface area contributed by atoms with E-state index in [4.69, 9.17) is 17.5 Å². The van der Waals surface area contributed by atoms with Gasteiger partial charge in [0.25, 0.3) is 0 Å². The molecule has 1 aromatic carbocycles. The molecule has 1 aliphatic rings. The van der Waals surface area contributed by atoms with Gasteiger partial charge in [0, 0.05) is 26.2 Å². The molecule has 0 aliphatic carbocycles. The molecule has 0 saturated carbocycles. The summed E-state index contributed by atoms with van der Waals surface area (Å²) in [6.07, 6.45) is 0. The summed E-state index contributed by atoms with van der Waals surface area (Å²) in [5, 5.41) is 16.3. The first kappa shape index (κ1) is 15.9. The normalized spacial score (nSPS) is 16.3. The van der Waals surface area contributed by atoms with Crippen LogP contribution in [-0.4, -0.2) is 57.8 Å². The Morgan fingerprint density at radius 3 is 2.78 bits per heavy atom. The van der Waals surface area contributed by atoms with Gasteiger partial charge in [0.15, 0.2) is 4.77 Å². The van der Waals surface area contributed by atoms with Crippen molar-refractivity contribution in [3.63, 3.8) is 0 Å². The first-order valence-electron chi connectivity index (χ1n) is 7.70. The van der Waals surface area contributed by atoms with Crippen molar-refractivity contribution in [2.45, 2.75) is 13.1 Å². The highest BCUT2D eigenvalue weighted by molar-refractivity contribution is 7.71. The van der Waals surface area contributed by atoms with Crippen molar-refractivity contribution in [1.29, 1.82) is 5.26 Å². The number of nitriles is 1. The molecule has 1 aliphatic heterocycles. The second-order valence-corrected chi connectivity index (χ2v) is 6.31. The fraction of sp³-hybridized carbons (Fsp3) is 0.438. The highest BCUT2D eigenvalue weighted by Gasteiger charge is 2.17. The van der Waals surface area contributed by atoms with Crippen LogP contribution >= 0.6 is 12.2 Å². The van der Waals surface area contributed by atoms with E-state index in [0.29, 0.717) is 16.9 Å². The molecule has 0 radical (unpaired) electrons. The second kappa shape index (κ2) is 7.04. The molecule has 0 unspecified atom stereocenters. The molecule has 2 heterocycles. The molecule has 0 spiro atoms. The van der Waals surface area contributed by atoms with Crippen molar-refractivity contribution in [2.24, 2.45) is 0 Å². The van der Waals surface area contributed by atoms with E-state index in [-0.39, 0.29) is 0 Å². The van der Waals surface area contributed by atoms with Gasteiger partial charge in [-0.2, -0.15) is 10.4 Å². The summed E-state index contributed by atoms with van der Waals surface area (Å²) in [5.74, 6) is 0.946. The molecular weight excluding hydrogens is 308 g/mol. The topological polar surface area (TPSA) is 63.9 Å². The number of nitrogens with one attached hydrogen (secondary N) is 1.